The van der Waals surface area contributed by atoms with Crippen molar-refractivity contribution in [2.75, 3.05) is 51.3 Å². The molecule has 2 aromatic carbocycles. The number of benzene rings is 2. The van der Waals surface area contributed by atoms with E-state index in [0.29, 0.717) is 66.4 Å². The molecule has 2 aliphatic rings. The Morgan fingerprint density at radius 2 is 1.91 bits per heavy atom. The molecule has 0 aliphatic carbocycles. The van der Waals surface area contributed by atoms with Gasteiger partial charge in [0.2, 0.25) is 0 Å². The molecule has 0 unspecified atom stereocenters. The van der Waals surface area contributed by atoms with E-state index in [1.807, 2.05) is 56.4 Å². The Kier molecular flexibility index (Phi) is 8.90. The second kappa shape index (κ2) is 13.2. The van der Waals surface area contributed by atoms with Crippen LogP contribution in [0.25, 0.3) is 22.2 Å². The maximum absolute atomic E-state index is 14.0. The molecule has 238 valence electrons. The minimum absolute atomic E-state index is 0.0335. The summed E-state index contributed by atoms with van der Waals surface area (Å²) in [4.78, 5) is 38.8. The third kappa shape index (κ3) is 6.00. The summed E-state index contributed by atoms with van der Waals surface area (Å²) < 4.78 is 21.3. The van der Waals surface area contributed by atoms with Gasteiger partial charge in [0.15, 0.2) is 5.69 Å². The van der Waals surface area contributed by atoms with E-state index in [0.717, 1.165) is 31.1 Å². The summed E-state index contributed by atoms with van der Waals surface area (Å²) in [6.45, 7) is 7.47. The summed E-state index contributed by atoms with van der Waals surface area (Å²) in [6, 6.07) is 17.4. The van der Waals surface area contributed by atoms with Crippen LogP contribution in [0.5, 0.6) is 5.75 Å². The van der Waals surface area contributed by atoms with Gasteiger partial charge in [-0.15, -0.1) is 0 Å². The number of ether oxygens (including phenoxy) is 1. The van der Waals surface area contributed by atoms with Crippen LogP contribution in [0.1, 0.15) is 42.7 Å². The zero-order chi connectivity index (χ0) is 32.4. The molecular formula is C35H38FN7O3. The topological polar surface area (TPSA) is 107 Å². The Bertz CT molecular complexity index is 1820. The Morgan fingerprint density at radius 3 is 2.65 bits per heavy atom. The number of rotatable bonds is 7. The second-order valence-electron chi connectivity index (χ2n) is 11.9. The molecule has 4 heterocycles. The lowest BCUT2D eigenvalue weighted by atomic mass is 10.0. The van der Waals surface area contributed by atoms with Crippen molar-refractivity contribution in [1.29, 1.82) is 5.26 Å². The van der Waals surface area contributed by atoms with Crippen molar-refractivity contribution in [2.24, 2.45) is 0 Å². The van der Waals surface area contributed by atoms with E-state index < -0.39 is 5.82 Å². The van der Waals surface area contributed by atoms with Crippen LogP contribution in [-0.2, 0) is 0 Å². The van der Waals surface area contributed by atoms with Crippen LogP contribution in [0.4, 0.5) is 14.9 Å². The van der Waals surface area contributed by atoms with Crippen LogP contribution in [0.3, 0.4) is 0 Å². The van der Waals surface area contributed by atoms with Gasteiger partial charge in [0.1, 0.15) is 17.6 Å². The maximum Gasteiger partial charge on any atom is 0.328 e. The molecule has 0 saturated carbocycles. The Balaban J connectivity index is 1.31. The van der Waals surface area contributed by atoms with Gasteiger partial charge in [-0.3, -0.25) is 9.36 Å². The average molecular weight is 624 g/mol. The number of para-hydroxylation sites is 1. The molecule has 46 heavy (non-hydrogen) atoms. The van der Waals surface area contributed by atoms with E-state index in [9.17, 15) is 19.2 Å². The quantitative estimate of drug-likeness (QED) is 0.305. The molecule has 2 amide bonds. The van der Waals surface area contributed by atoms with Gasteiger partial charge >= 0.3 is 6.03 Å². The van der Waals surface area contributed by atoms with Crippen molar-refractivity contribution in [3.05, 3.63) is 77.9 Å². The first-order chi connectivity index (χ1) is 22.3. The number of halogens is 1. The van der Waals surface area contributed by atoms with Crippen molar-refractivity contribution in [1.82, 2.24) is 24.7 Å². The van der Waals surface area contributed by atoms with E-state index in [4.69, 9.17) is 9.72 Å². The summed E-state index contributed by atoms with van der Waals surface area (Å²) in [6.07, 6.45) is 3.18. The Hall–Kier alpha value is -4.95. The fraction of sp³-hybridized carbons (Fsp3) is 0.371. The van der Waals surface area contributed by atoms with Crippen molar-refractivity contribution in [2.45, 2.75) is 38.8 Å². The van der Waals surface area contributed by atoms with Crippen LogP contribution < -0.4 is 15.0 Å². The fourth-order valence-electron chi connectivity index (χ4n) is 6.61. The molecule has 2 aromatic heterocycles. The summed E-state index contributed by atoms with van der Waals surface area (Å²) >= 11 is 0. The van der Waals surface area contributed by atoms with Gasteiger partial charge in [0.05, 0.1) is 29.1 Å². The molecule has 4 aromatic rings. The van der Waals surface area contributed by atoms with E-state index in [1.165, 1.54) is 10.6 Å². The molecule has 2 fully saturated rings. The summed E-state index contributed by atoms with van der Waals surface area (Å²) in [5.41, 5.74) is 3.02. The monoisotopic (exact) mass is 623 g/mol. The molecule has 0 radical (unpaired) electrons. The number of amides is 2. The fourth-order valence-corrected chi connectivity index (χ4v) is 6.61. The van der Waals surface area contributed by atoms with Gasteiger partial charge in [-0.25, -0.2) is 14.2 Å². The van der Waals surface area contributed by atoms with Gasteiger partial charge in [-0.1, -0.05) is 19.1 Å². The molecule has 2 saturated heterocycles. The maximum atomic E-state index is 14.0. The number of carbonyl (C=O) groups excluding carboxylic acids is 2. The SMILES string of the molecule is CCOc1ccccc1-c1ccc(N2CCN(C(=O)n3ccc4cc(F)cc(C#N)c43)C[C@H]2CC)c(C(=O)N[C@@H]2CCN(C)C2)n1. The highest BCUT2D eigenvalue weighted by molar-refractivity contribution is 5.99. The number of nitrogens with one attached hydrogen (secondary N) is 1. The predicted molar refractivity (Wildman–Crippen MR) is 175 cm³/mol. The van der Waals surface area contributed by atoms with Crippen LogP contribution in [0.15, 0.2) is 60.8 Å². The molecule has 1 N–H and O–H groups in total. The molecule has 0 spiro atoms. The third-order valence-corrected chi connectivity index (χ3v) is 8.89. The highest BCUT2D eigenvalue weighted by Gasteiger charge is 2.33. The number of hydrogen-bond acceptors (Lipinski definition) is 7. The number of likely N-dealkylation sites (tertiary alicyclic amines) is 1. The zero-order valence-corrected chi connectivity index (χ0v) is 26.4. The van der Waals surface area contributed by atoms with Crippen LogP contribution in [0, 0.1) is 17.1 Å². The lowest BCUT2D eigenvalue weighted by Crippen LogP contribution is -2.56. The number of piperazine rings is 1. The molecular weight excluding hydrogens is 585 g/mol. The van der Waals surface area contributed by atoms with Gasteiger partial charge in [-0.05, 0) is 75.8 Å². The summed E-state index contributed by atoms with van der Waals surface area (Å²) in [5, 5.41) is 13.3. The third-order valence-electron chi connectivity index (χ3n) is 8.89. The van der Waals surface area contributed by atoms with Crippen LogP contribution >= 0.6 is 0 Å². The minimum atomic E-state index is -0.519. The molecule has 6 rings (SSSR count). The van der Waals surface area contributed by atoms with Crippen LogP contribution in [0.2, 0.25) is 0 Å². The highest BCUT2D eigenvalue weighted by atomic mass is 19.1. The first-order valence-electron chi connectivity index (χ1n) is 15.8. The molecule has 11 heteroatoms. The van der Waals surface area contributed by atoms with Crippen LogP contribution in [-0.4, -0.2) is 89.8 Å². The number of nitrogens with zero attached hydrogens (tertiary/aromatic N) is 6. The lowest BCUT2D eigenvalue weighted by Gasteiger charge is -2.43. The number of carbonyl (C=O) groups is 2. The number of anilines is 1. The number of pyridine rings is 1. The van der Waals surface area contributed by atoms with E-state index >= 15 is 0 Å². The van der Waals surface area contributed by atoms with Gasteiger partial charge in [0, 0.05) is 55.4 Å². The standard InChI is InChI=1S/C35H38FN7O3/c1-4-27-22-41(35(45)43-15-12-23-18-25(36)19-24(20-37)33(23)43)16-17-42(27)30-11-10-29(28-8-6-7-9-31(28)46-5-2)39-32(30)34(44)38-26-13-14-40(3)21-26/h6-12,15,18-19,26-27H,4-5,13-14,16-17,21-22H2,1-3H3,(H,38,44)/t26-,27-/m1/s1. The number of nitriles is 1. The van der Waals surface area contributed by atoms with Gasteiger partial charge in [-0.2, -0.15) is 5.26 Å². The molecule has 2 aliphatic heterocycles. The van der Waals surface area contributed by atoms with Crippen molar-refractivity contribution >= 4 is 28.5 Å². The highest BCUT2D eigenvalue weighted by Crippen LogP contribution is 2.33. The van der Waals surface area contributed by atoms with E-state index in [1.54, 1.807) is 17.2 Å². The number of fused-ring (bicyclic) bond motifs is 1. The summed E-state index contributed by atoms with van der Waals surface area (Å²) in [7, 11) is 2.05. The lowest BCUT2D eigenvalue weighted by molar-refractivity contribution is 0.0933. The van der Waals surface area contributed by atoms with E-state index in [2.05, 4.69) is 22.0 Å². The van der Waals surface area contributed by atoms with Crippen molar-refractivity contribution in [3.63, 3.8) is 0 Å². The zero-order valence-electron chi connectivity index (χ0n) is 26.4. The van der Waals surface area contributed by atoms with E-state index in [-0.39, 0.29) is 29.6 Å². The average Bonchev–Trinajstić information content (AvgIpc) is 3.69. The van der Waals surface area contributed by atoms with Crippen molar-refractivity contribution in [3.8, 4) is 23.1 Å². The smallest absolute Gasteiger partial charge is 0.328 e. The molecule has 10 nitrogen and oxygen atoms in total. The normalized spacial score (nSPS) is 18.5. The first-order valence-corrected chi connectivity index (χ1v) is 15.8. The predicted octanol–water partition coefficient (Wildman–Crippen LogP) is 5.12. The Morgan fingerprint density at radius 1 is 1.09 bits per heavy atom. The summed E-state index contributed by atoms with van der Waals surface area (Å²) in [5.74, 6) is -0.0448. The Labute approximate surface area is 268 Å². The number of hydrogen-bond donors (Lipinski definition) is 1. The van der Waals surface area contributed by atoms with Gasteiger partial charge in [0.25, 0.3) is 5.91 Å². The number of likely N-dealkylation sites (N-methyl/N-ethyl adjacent to an activating group) is 1. The second-order valence-corrected chi connectivity index (χ2v) is 11.9. The largest absolute Gasteiger partial charge is 0.493 e. The molecule has 2 atom stereocenters. The minimum Gasteiger partial charge on any atom is -0.493 e. The molecule has 0 bridgehead atoms. The first kappa shape index (κ1) is 31.0. The number of aromatic nitrogens is 2. The van der Waals surface area contributed by atoms with Gasteiger partial charge < -0.3 is 24.8 Å². The van der Waals surface area contributed by atoms with Crippen molar-refractivity contribution < 1.29 is 18.7 Å².